The normalized spacial score (nSPS) is 11.6. The molecule has 0 spiro atoms. The molecule has 0 saturated heterocycles. The summed E-state index contributed by atoms with van der Waals surface area (Å²) in [6, 6.07) is 6.18. The molecule has 1 N–H and O–H groups in total. The van der Waals surface area contributed by atoms with Crippen LogP contribution in [0.1, 0.15) is 13.3 Å². The summed E-state index contributed by atoms with van der Waals surface area (Å²) in [5, 5.41) is 0. The highest BCUT2D eigenvalue weighted by Gasteiger charge is 2.03. The first kappa shape index (κ1) is 11.6. The van der Waals surface area contributed by atoms with Gasteiger partial charge in [-0.15, -0.1) is 0 Å². The minimum atomic E-state index is 0.789. The fraction of sp³-hybridized carbons (Fsp3) is 0.250. The molecule has 1 aromatic heterocycles. The highest BCUT2D eigenvalue weighted by Crippen LogP contribution is 2.19. The van der Waals surface area contributed by atoms with Gasteiger partial charge >= 0.3 is 0 Å². The lowest BCUT2D eigenvalue weighted by Gasteiger charge is -2.01. The molecule has 2 nitrogen and oxygen atoms in total. The molecule has 0 saturated carbocycles. The van der Waals surface area contributed by atoms with Crippen molar-refractivity contribution in [2.24, 2.45) is 0 Å². The van der Waals surface area contributed by atoms with Crippen molar-refractivity contribution in [1.29, 1.82) is 0 Å². The standard InChI is InChI=1S/C12H13BrN2S/c1-2-3-4-7-15-11-6-5-9(13)8-10(11)14-12(15)16/h2-3,5-6,8H,4,7H2,1H3,(H,14,16)/b3-2+. The van der Waals surface area contributed by atoms with Gasteiger partial charge in [0.25, 0.3) is 0 Å². The second-order valence-electron chi connectivity index (χ2n) is 3.60. The lowest BCUT2D eigenvalue weighted by molar-refractivity contribution is 0.720. The van der Waals surface area contributed by atoms with E-state index in [2.05, 4.69) is 49.8 Å². The molecular weight excluding hydrogens is 284 g/mol. The number of hydrogen-bond acceptors (Lipinski definition) is 1. The molecule has 0 bridgehead atoms. The zero-order valence-corrected chi connectivity index (χ0v) is 11.4. The number of rotatable bonds is 3. The second-order valence-corrected chi connectivity index (χ2v) is 4.90. The summed E-state index contributed by atoms with van der Waals surface area (Å²) < 4.78 is 3.99. The third kappa shape index (κ3) is 2.28. The summed E-state index contributed by atoms with van der Waals surface area (Å²) in [5.41, 5.74) is 2.25. The molecule has 0 aliphatic carbocycles. The van der Waals surface area contributed by atoms with Crippen LogP contribution in [0.5, 0.6) is 0 Å². The summed E-state index contributed by atoms with van der Waals surface area (Å²) in [4.78, 5) is 3.22. The second kappa shape index (κ2) is 4.97. The molecule has 1 heterocycles. The Balaban J connectivity index is 2.44. The molecule has 0 unspecified atom stereocenters. The number of hydrogen-bond donors (Lipinski definition) is 1. The maximum absolute atomic E-state index is 5.31. The molecule has 84 valence electrons. The van der Waals surface area contributed by atoms with Gasteiger partial charge in [-0.1, -0.05) is 28.1 Å². The number of benzene rings is 1. The Morgan fingerprint density at radius 3 is 3.06 bits per heavy atom. The van der Waals surface area contributed by atoms with Gasteiger partial charge in [-0.05, 0) is 43.8 Å². The van der Waals surface area contributed by atoms with Crippen molar-refractivity contribution in [1.82, 2.24) is 9.55 Å². The van der Waals surface area contributed by atoms with E-state index in [0.717, 1.165) is 33.2 Å². The van der Waals surface area contributed by atoms with Gasteiger partial charge in [0.2, 0.25) is 0 Å². The molecule has 0 amide bonds. The van der Waals surface area contributed by atoms with Gasteiger partial charge in [-0.3, -0.25) is 0 Å². The molecule has 0 aliphatic heterocycles. The van der Waals surface area contributed by atoms with Crippen molar-refractivity contribution in [2.45, 2.75) is 19.9 Å². The minimum absolute atomic E-state index is 0.789. The largest absolute Gasteiger partial charge is 0.331 e. The van der Waals surface area contributed by atoms with Crippen molar-refractivity contribution in [2.75, 3.05) is 0 Å². The SMILES string of the molecule is C/C=C/CCn1c(=S)[nH]c2cc(Br)ccc21. The van der Waals surface area contributed by atoms with Crippen LogP contribution in [0.3, 0.4) is 0 Å². The molecular formula is C12H13BrN2S. The van der Waals surface area contributed by atoms with Crippen LogP contribution in [0.25, 0.3) is 11.0 Å². The van der Waals surface area contributed by atoms with Gasteiger partial charge in [0.1, 0.15) is 0 Å². The topological polar surface area (TPSA) is 20.7 Å². The Kier molecular flexibility index (Phi) is 3.61. The van der Waals surface area contributed by atoms with Gasteiger partial charge in [0.15, 0.2) is 4.77 Å². The number of halogens is 1. The van der Waals surface area contributed by atoms with Crippen LogP contribution in [-0.2, 0) is 6.54 Å². The van der Waals surface area contributed by atoms with E-state index in [4.69, 9.17) is 12.2 Å². The highest BCUT2D eigenvalue weighted by atomic mass is 79.9. The molecule has 2 aromatic rings. The predicted molar refractivity (Wildman–Crippen MR) is 74.3 cm³/mol. The Hall–Kier alpha value is -0.870. The van der Waals surface area contributed by atoms with Crippen molar-refractivity contribution in [3.63, 3.8) is 0 Å². The Morgan fingerprint density at radius 2 is 2.31 bits per heavy atom. The molecule has 16 heavy (non-hydrogen) atoms. The molecule has 0 fully saturated rings. The third-order valence-electron chi connectivity index (χ3n) is 2.49. The monoisotopic (exact) mass is 296 g/mol. The van der Waals surface area contributed by atoms with Gasteiger partial charge < -0.3 is 9.55 Å². The molecule has 1 aromatic carbocycles. The van der Waals surface area contributed by atoms with E-state index >= 15 is 0 Å². The van der Waals surface area contributed by atoms with E-state index in [0.29, 0.717) is 0 Å². The number of aromatic amines is 1. The Labute approximate surface area is 108 Å². The quantitative estimate of drug-likeness (QED) is 0.656. The molecule has 2 rings (SSSR count). The first-order valence-electron chi connectivity index (χ1n) is 5.21. The van der Waals surface area contributed by atoms with Gasteiger partial charge in [0, 0.05) is 11.0 Å². The van der Waals surface area contributed by atoms with Crippen LogP contribution in [0, 0.1) is 4.77 Å². The van der Waals surface area contributed by atoms with E-state index in [1.165, 1.54) is 0 Å². The third-order valence-corrected chi connectivity index (χ3v) is 3.31. The number of fused-ring (bicyclic) bond motifs is 1. The zero-order chi connectivity index (χ0) is 11.5. The lowest BCUT2D eigenvalue weighted by Crippen LogP contribution is -1.96. The summed E-state index contributed by atoms with van der Waals surface area (Å²) in [6.45, 7) is 2.95. The Morgan fingerprint density at radius 1 is 1.50 bits per heavy atom. The number of imidazole rings is 1. The minimum Gasteiger partial charge on any atom is -0.331 e. The van der Waals surface area contributed by atoms with Crippen LogP contribution in [0.4, 0.5) is 0 Å². The van der Waals surface area contributed by atoms with Crippen molar-refractivity contribution < 1.29 is 0 Å². The zero-order valence-electron chi connectivity index (χ0n) is 9.03. The maximum Gasteiger partial charge on any atom is 0.178 e. The number of H-pyrrole nitrogens is 1. The average molecular weight is 297 g/mol. The highest BCUT2D eigenvalue weighted by molar-refractivity contribution is 9.10. The molecule has 0 radical (unpaired) electrons. The summed E-state index contributed by atoms with van der Waals surface area (Å²) in [5.74, 6) is 0. The van der Waals surface area contributed by atoms with Gasteiger partial charge in [-0.2, -0.15) is 0 Å². The van der Waals surface area contributed by atoms with Crippen molar-refractivity contribution in [3.05, 3.63) is 39.6 Å². The number of allylic oxidation sites excluding steroid dienone is 2. The number of aromatic nitrogens is 2. The number of nitrogens with one attached hydrogen (secondary N) is 1. The van der Waals surface area contributed by atoms with Crippen LogP contribution in [0.15, 0.2) is 34.8 Å². The van der Waals surface area contributed by atoms with Crippen molar-refractivity contribution in [3.8, 4) is 0 Å². The van der Waals surface area contributed by atoms with E-state index in [9.17, 15) is 0 Å². The summed E-state index contributed by atoms with van der Waals surface area (Å²) >= 11 is 8.77. The van der Waals surface area contributed by atoms with E-state index < -0.39 is 0 Å². The number of aryl methyl sites for hydroxylation is 1. The predicted octanol–water partition coefficient (Wildman–Crippen LogP) is 4.43. The Bertz CT molecular complexity index is 580. The fourth-order valence-corrected chi connectivity index (χ4v) is 2.39. The smallest absolute Gasteiger partial charge is 0.178 e. The van der Waals surface area contributed by atoms with Crippen LogP contribution >= 0.6 is 28.1 Å². The molecule has 4 heteroatoms. The molecule has 0 aliphatic rings. The van der Waals surface area contributed by atoms with Gasteiger partial charge in [0.05, 0.1) is 11.0 Å². The lowest BCUT2D eigenvalue weighted by atomic mass is 10.3. The van der Waals surface area contributed by atoms with Crippen LogP contribution in [-0.4, -0.2) is 9.55 Å². The average Bonchev–Trinajstić information content (AvgIpc) is 2.55. The fourth-order valence-electron chi connectivity index (χ4n) is 1.73. The van der Waals surface area contributed by atoms with Crippen molar-refractivity contribution >= 4 is 39.2 Å². The van der Waals surface area contributed by atoms with E-state index in [1.54, 1.807) is 0 Å². The van der Waals surface area contributed by atoms with E-state index in [-0.39, 0.29) is 0 Å². The first-order valence-corrected chi connectivity index (χ1v) is 6.41. The maximum atomic E-state index is 5.31. The summed E-state index contributed by atoms with van der Waals surface area (Å²) in [7, 11) is 0. The van der Waals surface area contributed by atoms with E-state index in [1.807, 2.05) is 13.0 Å². The van der Waals surface area contributed by atoms with Gasteiger partial charge in [-0.25, -0.2) is 0 Å². The molecule has 0 atom stereocenters. The number of nitrogens with zero attached hydrogens (tertiary/aromatic N) is 1. The first-order chi connectivity index (χ1) is 7.72. The summed E-state index contributed by atoms with van der Waals surface area (Å²) in [6.07, 6.45) is 5.22. The van der Waals surface area contributed by atoms with Crippen LogP contribution < -0.4 is 0 Å². The van der Waals surface area contributed by atoms with Crippen LogP contribution in [0.2, 0.25) is 0 Å².